The third-order valence-electron chi connectivity index (χ3n) is 9.88. The molecule has 2 heterocycles. The van der Waals surface area contributed by atoms with Gasteiger partial charge >= 0.3 is 0 Å². The smallest absolute Gasteiger partial charge is 0.163 e. The van der Waals surface area contributed by atoms with Gasteiger partial charge in [0, 0.05) is 54.0 Å². The van der Waals surface area contributed by atoms with Crippen LogP contribution in [-0.4, -0.2) is 22.5 Å². The molecule has 264 valence electrons. The van der Waals surface area contributed by atoms with Crippen LogP contribution in [0, 0.1) is 5.41 Å². The Hall–Kier alpha value is -7.21. The molecule has 0 atom stereocenters. The summed E-state index contributed by atoms with van der Waals surface area (Å²) in [5.41, 5.74) is 7.27. The van der Waals surface area contributed by atoms with Gasteiger partial charge in [-0.1, -0.05) is 145 Å². The number of fused-ring (bicyclic) bond motifs is 6. The molecule has 0 bridgehead atoms. The van der Waals surface area contributed by atoms with Crippen molar-refractivity contribution in [1.82, 2.24) is 4.57 Å². The van der Waals surface area contributed by atoms with Gasteiger partial charge in [-0.2, -0.15) is 0 Å². The van der Waals surface area contributed by atoms with Gasteiger partial charge in [-0.25, -0.2) is 9.98 Å². The standard InChI is InChI=1S/C51H34N4S/c52-50(36-19-8-3-9-20-36)54-51(53-33-34-15-4-1-5-16-34)44-24-14-23-43-45-32-37(27-28-48(45)56-49(43)44)39-29-38(35-17-6-2-7-18-35)30-40(31-39)55-46-25-12-10-21-41(46)42-22-11-13-26-47(42)55/h1-33,52H/i10D,11D,21D,22D,25D,26D. The Morgan fingerprint density at radius 1 is 0.571 bits per heavy atom. The number of benzene rings is 8. The van der Waals surface area contributed by atoms with E-state index in [4.69, 9.17) is 23.6 Å². The third kappa shape index (κ3) is 6.10. The molecule has 0 fully saturated rings. The first-order valence-corrected chi connectivity index (χ1v) is 19.0. The minimum atomic E-state index is -0.156. The quantitative estimate of drug-likeness (QED) is 0.130. The van der Waals surface area contributed by atoms with Gasteiger partial charge in [0.1, 0.15) is 0 Å². The minimum absolute atomic E-state index is 0.00826. The van der Waals surface area contributed by atoms with E-state index in [1.165, 1.54) is 12.1 Å². The maximum Gasteiger partial charge on any atom is 0.163 e. The summed E-state index contributed by atoms with van der Waals surface area (Å²) >= 11 is 1.64. The van der Waals surface area contributed by atoms with Crippen molar-refractivity contribution in [2.75, 3.05) is 0 Å². The van der Waals surface area contributed by atoms with Crippen molar-refractivity contribution in [3.8, 4) is 27.9 Å². The molecule has 0 aliphatic carbocycles. The van der Waals surface area contributed by atoms with Gasteiger partial charge in [0.25, 0.3) is 0 Å². The first kappa shape index (κ1) is 27.4. The molecular weight excluding hydrogens is 701 g/mol. The van der Waals surface area contributed by atoms with Crippen LogP contribution >= 0.6 is 11.3 Å². The minimum Gasteiger partial charge on any atom is -0.309 e. The van der Waals surface area contributed by atoms with E-state index >= 15 is 0 Å². The number of nitrogens with one attached hydrogen (secondary N) is 1. The summed E-state index contributed by atoms with van der Waals surface area (Å²) in [4.78, 5) is 9.68. The molecule has 5 heteroatoms. The highest BCUT2D eigenvalue weighted by molar-refractivity contribution is 7.26. The average molecular weight is 741 g/mol. The first-order chi connectivity index (χ1) is 30.1. The van der Waals surface area contributed by atoms with Crippen LogP contribution in [0.5, 0.6) is 0 Å². The summed E-state index contributed by atoms with van der Waals surface area (Å²) in [6, 6.07) is 49.8. The van der Waals surface area contributed by atoms with Gasteiger partial charge < -0.3 is 4.57 Å². The number of aromatic nitrogens is 1. The van der Waals surface area contributed by atoms with Crippen molar-refractivity contribution in [2.24, 2.45) is 9.98 Å². The second-order valence-electron chi connectivity index (χ2n) is 13.3. The monoisotopic (exact) mass is 740 g/mol. The molecule has 0 aliphatic heterocycles. The van der Waals surface area contributed by atoms with E-state index in [0.717, 1.165) is 53.6 Å². The van der Waals surface area contributed by atoms with Crippen LogP contribution in [0.3, 0.4) is 0 Å². The maximum absolute atomic E-state index is 9.08. The zero-order chi connectivity index (χ0) is 42.6. The molecule has 2 aromatic heterocycles. The second-order valence-corrected chi connectivity index (χ2v) is 14.4. The molecule has 10 rings (SSSR count). The molecule has 1 N–H and O–H groups in total. The first-order valence-electron chi connectivity index (χ1n) is 21.1. The molecule has 4 nitrogen and oxygen atoms in total. The highest BCUT2D eigenvalue weighted by Crippen LogP contribution is 2.40. The highest BCUT2D eigenvalue weighted by atomic mass is 32.1. The van der Waals surface area contributed by atoms with E-state index in [-0.39, 0.29) is 52.9 Å². The Morgan fingerprint density at radius 3 is 1.95 bits per heavy atom. The number of aliphatic imine (C=N–C) groups is 2. The predicted molar refractivity (Wildman–Crippen MR) is 238 cm³/mol. The SMILES string of the molecule is [2H]c1cc([2H])c2c(c1[2H])c1c([2H])c([2H])cc([2H])c1n2-c1cc(-c2ccccc2)cc(-c2ccc3sc4c(C(N=Cc5ccccc5)=NC(=N)c5ccccc5)cccc4c3c2)c1. The van der Waals surface area contributed by atoms with Crippen molar-refractivity contribution in [1.29, 1.82) is 5.41 Å². The van der Waals surface area contributed by atoms with Crippen LogP contribution in [0.1, 0.15) is 24.9 Å². The topological polar surface area (TPSA) is 53.5 Å². The van der Waals surface area contributed by atoms with Gasteiger partial charge in [0.05, 0.1) is 19.3 Å². The number of thiophene rings is 1. The van der Waals surface area contributed by atoms with E-state index in [9.17, 15) is 0 Å². The Labute approximate surface area is 337 Å². The highest BCUT2D eigenvalue weighted by Gasteiger charge is 2.17. The summed E-state index contributed by atoms with van der Waals surface area (Å²) in [5, 5.41) is 11.4. The summed E-state index contributed by atoms with van der Waals surface area (Å²) in [7, 11) is 0. The zero-order valence-electron chi connectivity index (χ0n) is 35.8. The van der Waals surface area contributed by atoms with Crippen LogP contribution in [0.4, 0.5) is 0 Å². The molecule has 0 unspecified atom stereocenters. The van der Waals surface area contributed by atoms with Crippen LogP contribution in [0.15, 0.2) is 204 Å². The van der Waals surface area contributed by atoms with Crippen molar-refractivity contribution < 1.29 is 8.22 Å². The fourth-order valence-corrected chi connectivity index (χ4v) is 8.42. The lowest BCUT2D eigenvalue weighted by Crippen LogP contribution is -2.04. The van der Waals surface area contributed by atoms with E-state index in [1.54, 1.807) is 22.1 Å². The molecular formula is C51H34N4S. The van der Waals surface area contributed by atoms with Crippen LogP contribution in [-0.2, 0) is 0 Å². The Kier molecular flexibility index (Phi) is 6.95. The van der Waals surface area contributed by atoms with Crippen LogP contribution in [0.2, 0.25) is 0 Å². The number of hydrogen-bond donors (Lipinski definition) is 1. The van der Waals surface area contributed by atoms with E-state index < -0.39 is 0 Å². The van der Waals surface area contributed by atoms with Crippen molar-refractivity contribution in [3.05, 3.63) is 211 Å². The molecule has 0 radical (unpaired) electrons. The number of amidine groups is 2. The second kappa shape index (κ2) is 14.2. The van der Waals surface area contributed by atoms with Crippen molar-refractivity contribution >= 4 is 71.2 Å². The van der Waals surface area contributed by atoms with Gasteiger partial charge in [0.15, 0.2) is 11.7 Å². The summed E-state index contributed by atoms with van der Waals surface area (Å²) < 4.78 is 56.8. The number of rotatable bonds is 6. The molecule has 10 aromatic rings. The summed E-state index contributed by atoms with van der Waals surface area (Å²) in [5.74, 6) is 0.535. The normalized spacial score (nSPS) is 13.5. The van der Waals surface area contributed by atoms with Crippen LogP contribution in [0.25, 0.3) is 69.9 Å². The molecule has 0 saturated carbocycles. The third-order valence-corrected chi connectivity index (χ3v) is 11.1. The summed E-state index contributed by atoms with van der Waals surface area (Å²) in [6.45, 7) is 0. The zero-order valence-corrected chi connectivity index (χ0v) is 30.7. The average Bonchev–Trinajstić information content (AvgIpc) is 3.87. The lowest BCUT2D eigenvalue weighted by Gasteiger charge is -2.14. The van der Waals surface area contributed by atoms with Gasteiger partial charge in [-0.3, -0.25) is 5.41 Å². The maximum atomic E-state index is 9.08. The number of nitrogens with zero attached hydrogens (tertiary/aromatic N) is 3. The van der Waals surface area contributed by atoms with Crippen molar-refractivity contribution in [2.45, 2.75) is 0 Å². The molecule has 0 aliphatic rings. The number of para-hydroxylation sites is 2. The lowest BCUT2D eigenvalue weighted by atomic mass is 9.96. The molecule has 0 saturated heterocycles. The molecule has 0 spiro atoms. The summed E-state index contributed by atoms with van der Waals surface area (Å²) in [6.07, 6.45) is 1.77. The molecule has 0 amide bonds. The van der Waals surface area contributed by atoms with Crippen molar-refractivity contribution in [3.63, 3.8) is 0 Å². The fraction of sp³-hybridized carbons (Fsp3) is 0. The van der Waals surface area contributed by atoms with Gasteiger partial charge in [-0.15, -0.1) is 11.3 Å². The Morgan fingerprint density at radius 2 is 1.23 bits per heavy atom. The van der Waals surface area contributed by atoms with Crippen LogP contribution < -0.4 is 0 Å². The molecule has 56 heavy (non-hydrogen) atoms. The van der Waals surface area contributed by atoms with Gasteiger partial charge in [-0.05, 0) is 76.3 Å². The molecule has 8 aromatic carbocycles. The fourth-order valence-electron chi connectivity index (χ4n) is 7.23. The Bertz CT molecular complexity index is 3420. The van der Waals surface area contributed by atoms with Gasteiger partial charge in [0.2, 0.25) is 0 Å². The van der Waals surface area contributed by atoms with E-state index in [0.29, 0.717) is 28.1 Å². The number of hydrogen-bond acceptors (Lipinski definition) is 2. The largest absolute Gasteiger partial charge is 0.309 e. The Balaban J connectivity index is 1.18. The predicted octanol–water partition coefficient (Wildman–Crippen LogP) is 13.4. The van der Waals surface area contributed by atoms with E-state index in [2.05, 4.69) is 30.3 Å². The lowest BCUT2D eigenvalue weighted by molar-refractivity contribution is 1.18. The van der Waals surface area contributed by atoms with E-state index in [1.807, 2.05) is 115 Å².